The molecule has 2 nitrogen and oxygen atoms in total. The lowest BCUT2D eigenvalue weighted by Crippen LogP contribution is -2.38. The molecule has 1 atom stereocenters. The largest absolute Gasteiger partial charge is 0.313 e. The first-order valence-corrected chi connectivity index (χ1v) is 8.22. The molecule has 1 unspecified atom stereocenters. The molecule has 20 heavy (non-hydrogen) atoms. The van der Waals surface area contributed by atoms with Crippen molar-refractivity contribution in [3.8, 4) is 0 Å². The van der Waals surface area contributed by atoms with Crippen LogP contribution in [0, 0.1) is 19.8 Å². The summed E-state index contributed by atoms with van der Waals surface area (Å²) in [6.45, 7) is 9.28. The van der Waals surface area contributed by atoms with E-state index in [1.807, 2.05) is 0 Å². The Hall–Kier alpha value is -0.860. The second-order valence-electron chi connectivity index (χ2n) is 6.85. The molecule has 1 saturated heterocycles. The molecule has 1 aliphatic carbocycles. The average Bonchev–Trinajstić information content (AvgIpc) is 3.08. The fraction of sp³-hybridized carbons (Fsp3) is 0.667. The molecule has 1 heterocycles. The van der Waals surface area contributed by atoms with E-state index in [-0.39, 0.29) is 0 Å². The second-order valence-corrected chi connectivity index (χ2v) is 6.85. The van der Waals surface area contributed by atoms with Crippen LogP contribution in [0.2, 0.25) is 0 Å². The van der Waals surface area contributed by atoms with Crippen molar-refractivity contribution in [2.75, 3.05) is 19.6 Å². The van der Waals surface area contributed by atoms with E-state index in [9.17, 15) is 0 Å². The van der Waals surface area contributed by atoms with Crippen molar-refractivity contribution in [3.05, 3.63) is 34.9 Å². The predicted octanol–water partition coefficient (Wildman–Crippen LogP) is 3.27. The molecule has 2 fully saturated rings. The lowest BCUT2D eigenvalue weighted by atomic mass is 10.1. The van der Waals surface area contributed by atoms with Gasteiger partial charge >= 0.3 is 0 Å². The van der Waals surface area contributed by atoms with Crippen LogP contribution in [0.3, 0.4) is 0 Å². The van der Waals surface area contributed by atoms with E-state index in [4.69, 9.17) is 0 Å². The van der Waals surface area contributed by atoms with Crippen LogP contribution in [0.15, 0.2) is 18.2 Å². The first-order valence-electron chi connectivity index (χ1n) is 8.22. The number of benzene rings is 1. The first-order chi connectivity index (χ1) is 9.70. The lowest BCUT2D eigenvalue weighted by molar-refractivity contribution is 0.232. The number of hydrogen-bond acceptors (Lipinski definition) is 2. The maximum Gasteiger partial charge on any atom is 0.0234 e. The molecule has 1 saturated carbocycles. The highest BCUT2D eigenvalue weighted by Crippen LogP contribution is 2.30. The average molecular weight is 272 g/mol. The Morgan fingerprint density at radius 2 is 1.95 bits per heavy atom. The van der Waals surface area contributed by atoms with Gasteiger partial charge in [-0.05, 0) is 68.7 Å². The summed E-state index contributed by atoms with van der Waals surface area (Å²) in [7, 11) is 0. The number of aryl methyl sites for hydroxylation is 2. The van der Waals surface area contributed by atoms with E-state index in [0.29, 0.717) is 0 Å². The zero-order valence-corrected chi connectivity index (χ0v) is 13.0. The summed E-state index contributed by atoms with van der Waals surface area (Å²) >= 11 is 0. The van der Waals surface area contributed by atoms with Crippen molar-refractivity contribution in [1.29, 1.82) is 0 Å². The topological polar surface area (TPSA) is 15.3 Å². The highest BCUT2D eigenvalue weighted by molar-refractivity contribution is 5.29. The minimum Gasteiger partial charge on any atom is -0.313 e. The van der Waals surface area contributed by atoms with E-state index in [1.54, 1.807) is 0 Å². The molecule has 110 valence electrons. The molecule has 1 aromatic carbocycles. The fourth-order valence-electron chi connectivity index (χ4n) is 3.25. The van der Waals surface area contributed by atoms with Gasteiger partial charge in [0.2, 0.25) is 0 Å². The summed E-state index contributed by atoms with van der Waals surface area (Å²) < 4.78 is 0. The van der Waals surface area contributed by atoms with Gasteiger partial charge in [-0.2, -0.15) is 0 Å². The van der Waals surface area contributed by atoms with Crippen LogP contribution in [0.25, 0.3) is 0 Å². The van der Waals surface area contributed by atoms with Gasteiger partial charge in [-0.3, -0.25) is 4.90 Å². The Balaban J connectivity index is 1.62. The van der Waals surface area contributed by atoms with Crippen LogP contribution >= 0.6 is 0 Å². The summed E-state index contributed by atoms with van der Waals surface area (Å²) in [5.41, 5.74) is 4.31. The van der Waals surface area contributed by atoms with E-state index in [1.165, 1.54) is 62.0 Å². The van der Waals surface area contributed by atoms with Gasteiger partial charge in [0.15, 0.2) is 0 Å². The number of nitrogens with zero attached hydrogens (tertiary/aromatic N) is 1. The van der Waals surface area contributed by atoms with Crippen molar-refractivity contribution in [2.24, 2.45) is 5.92 Å². The Bertz CT molecular complexity index is 445. The predicted molar refractivity (Wildman–Crippen MR) is 84.9 cm³/mol. The van der Waals surface area contributed by atoms with E-state index >= 15 is 0 Å². The van der Waals surface area contributed by atoms with Gasteiger partial charge in [-0.25, -0.2) is 0 Å². The van der Waals surface area contributed by atoms with Gasteiger partial charge < -0.3 is 5.32 Å². The van der Waals surface area contributed by atoms with E-state index in [2.05, 4.69) is 42.3 Å². The van der Waals surface area contributed by atoms with Crippen molar-refractivity contribution in [2.45, 2.75) is 52.1 Å². The molecule has 2 aliphatic rings. The third kappa shape index (κ3) is 3.83. The third-order valence-electron chi connectivity index (χ3n) is 4.83. The molecular formula is C18H28N2. The van der Waals surface area contributed by atoms with Crippen molar-refractivity contribution in [1.82, 2.24) is 10.2 Å². The number of hydrogen-bond donors (Lipinski definition) is 1. The highest BCUT2D eigenvalue weighted by Gasteiger charge is 2.26. The zero-order chi connectivity index (χ0) is 13.9. The zero-order valence-electron chi connectivity index (χ0n) is 13.0. The summed E-state index contributed by atoms with van der Waals surface area (Å²) in [6, 6.07) is 7.68. The van der Waals surface area contributed by atoms with Crippen molar-refractivity contribution >= 4 is 0 Å². The van der Waals surface area contributed by atoms with Gasteiger partial charge in [-0.1, -0.05) is 18.2 Å². The summed E-state index contributed by atoms with van der Waals surface area (Å²) in [4.78, 5) is 2.69. The molecular weight excluding hydrogens is 244 g/mol. The third-order valence-corrected chi connectivity index (χ3v) is 4.83. The Kier molecular flexibility index (Phi) is 4.42. The summed E-state index contributed by atoms with van der Waals surface area (Å²) in [5, 5.41) is 3.65. The molecule has 3 rings (SSSR count). The molecule has 1 N–H and O–H groups in total. The van der Waals surface area contributed by atoms with Gasteiger partial charge in [0.1, 0.15) is 0 Å². The lowest BCUT2D eigenvalue weighted by Gasteiger charge is -2.26. The highest BCUT2D eigenvalue weighted by atomic mass is 15.2. The number of rotatable bonds is 6. The van der Waals surface area contributed by atoms with Crippen LogP contribution in [0.4, 0.5) is 0 Å². The van der Waals surface area contributed by atoms with Crippen LogP contribution < -0.4 is 5.32 Å². The molecule has 0 bridgehead atoms. The van der Waals surface area contributed by atoms with Crippen LogP contribution in [0.1, 0.15) is 42.4 Å². The van der Waals surface area contributed by atoms with Crippen LogP contribution in [-0.4, -0.2) is 30.6 Å². The van der Waals surface area contributed by atoms with Gasteiger partial charge in [-0.15, -0.1) is 0 Å². The quantitative estimate of drug-likeness (QED) is 0.855. The maximum absolute atomic E-state index is 3.65. The molecule has 0 aromatic heterocycles. The normalized spacial score (nSPS) is 22.6. The first kappa shape index (κ1) is 14.1. The van der Waals surface area contributed by atoms with Crippen molar-refractivity contribution < 1.29 is 0 Å². The molecule has 0 spiro atoms. The maximum atomic E-state index is 3.65. The fourth-order valence-corrected chi connectivity index (χ4v) is 3.25. The summed E-state index contributed by atoms with van der Waals surface area (Å²) in [5.74, 6) is 0.975. The van der Waals surface area contributed by atoms with Crippen LogP contribution in [0.5, 0.6) is 0 Å². The Morgan fingerprint density at radius 1 is 1.10 bits per heavy atom. The van der Waals surface area contributed by atoms with Gasteiger partial charge in [0.05, 0.1) is 0 Å². The molecule has 0 radical (unpaired) electrons. The van der Waals surface area contributed by atoms with E-state index in [0.717, 1.165) is 18.5 Å². The monoisotopic (exact) mass is 272 g/mol. The SMILES string of the molecule is Cc1ccc(CN(CC2CC2)CC2CCCN2)cc1C. The molecule has 1 aromatic rings. The molecule has 1 aliphatic heterocycles. The van der Waals surface area contributed by atoms with Gasteiger partial charge in [0, 0.05) is 25.7 Å². The smallest absolute Gasteiger partial charge is 0.0234 e. The minimum absolute atomic E-state index is 0.722. The Labute approximate surface area is 123 Å². The van der Waals surface area contributed by atoms with Crippen molar-refractivity contribution in [3.63, 3.8) is 0 Å². The Morgan fingerprint density at radius 3 is 2.60 bits per heavy atom. The van der Waals surface area contributed by atoms with Crippen LogP contribution in [-0.2, 0) is 6.54 Å². The molecule has 0 amide bonds. The minimum atomic E-state index is 0.722. The van der Waals surface area contributed by atoms with Gasteiger partial charge in [0.25, 0.3) is 0 Å². The number of nitrogens with one attached hydrogen (secondary N) is 1. The van der Waals surface area contributed by atoms with E-state index < -0.39 is 0 Å². The molecule has 2 heteroatoms. The standard InChI is InChI=1S/C18H28N2/c1-14-5-6-17(10-15(14)2)12-20(11-16-7-8-16)13-18-4-3-9-19-18/h5-6,10,16,18-19H,3-4,7-9,11-13H2,1-2H3. The summed E-state index contributed by atoms with van der Waals surface area (Å²) in [6.07, 6.45) is 5.60. The second kappa shape index (κ2) is 6.28.